The van der Waals surface area contributed by atoms with Gasteiger partial charge in [0.1, 0.15) is 0 Å². The maximum absolute atomic E-state index is 3.60. The van der Waals surface area contributed by atoms with E-state index in [9.17, 15) is 0 Å². The highest BCUT2D eigenvalue weighted by atomic mass is 79.9. The Morgan fingerprint density at radius 2 is 1.81 bits per heavy atom. The third-order valence-electron chi connectivity index (χ3n) is 4.35. The number of fused-ring (bicyclic) bond motifs is 1. The van der Waals surface area contributed by atoms with E-state index in [2.05, 4.69) is 78.3 Å². The van der Waals surface area contributed by atoms with Crippen molar-refractivity contribution in [1.82, 2.24) is 0 Å². The maximum Gasteiger partial charge on any atom is 0.0281 e. The molecule has 2 aromatic rings. The lowest BCUT2D eigenvalue weighted by molar-refractivity contribution is 0.794. The number of rotatable bonds is 4. The molecular weight excluding hydrogens is 320 g/mol. The van der Waals surface area contributed by atoms with Gasteiger partial charge in [0.2, 0.25) is 0 Å². The van der Waals surface area contributed by atoms with E-state index in [1.807, 2.05) is 0 Å². The zero-order valence-corrected chi connectivity index (χ0v) is 14.3. The number of aryl methyl sites for hydroxylation is 1. The zero-order chi connectivity index (χ0) is 14.8. The summed E-state index contributed by atoms with van der Waals surface area (Å²) in [5.74, 6) is 0.401. The van der Waals surface area contributed by atoms with E-state index < -0.39 is 0 Å². The molecule has 0 amide bonds. The molecule has 0 bridgehead atoms. The lowest BCUT2D eigenvalue weighted by atomic mass is 9.92. The molecule has 0 saturated carbocycles. The first kappa shape index (κ1) is 14.6. The fourth-order valence-electron chi connectivity index (χ4n) is 3.13. The molecule has 0 saturated heterocycles. The number of allylic oxidation sites excluding steroid dienone is 2. The van der Waals surface area contributed by atoms with Gasteiger partial charge < -0.3 is 0 Å². The first-order chi connectivity index (χ1) is 10.2. The van der Waals surface area contributed by atoms with Crippen molar-refractivity contribution in [1.29, 1.82) is 0 Å². The third-order valence-corrected chi connectivity index (χ3v) is 4.84. The van der Waals surface area contributed by atoms with Crippen LogP contribution in [0.25, 0.3) is 5.57 Å². The second-order valence-corrected chi connectivity index (χ2v) is 6.82. The van der Waals surface area contributed by atoms with Gasteiger partial charge in [0, 0.05) is 10.4 Å². The molecule has 1 unspecified atom stereocenters. The SMILES string of the molecule is CCCCc1ccc(C2C=C(C)c3ccc(Br)cc32)cc1. The predicted molar refractivity (Wildman–Crippen MR) is 94.7 cm³/mol. The molecule has 0 N–H and O–H groups in total. The van der Waals surface area contributed by atoms with Gasteiger partial charge >= 0.3 is 0 Å². The normalized spacial score (nSPS) is 16.7. The van der Waals surface area contributed by atoms with E-state index in [0.717, 1.165) is 4.47 Å². The molecule has 1 heteroatoms. The van der Waals surface area contributed by atoms with Crippen LogP contribution in [0.4, 0.5) is 0 Å². The second kappa shape index (κ2) is 6.19. The fourth-order valence-corrected chi connectivity index (χ4v) is 3.51. The minimum Gasteiger partial charge on any atom is -0.0691 e. The van der Waals surface area contributed by atoms with Gasteiger partial charge in [-0.1, -0.05) is 65.7 Å². The Kier molecular flexibility index (Phi) is 4.30. The molecule has 0 aliphatic heterocycles. The summed E-state index contributed by atoms with van der Waals surface area (Å²) in [6.45, 7) is 4.46. The van der Waals surface area contributed by atoms with Crippen LogP contribution in [-0.2, 0) is 6.42 Å². The van der Waals surface area contributed by atoms with E-state index >= 15 is 0 Å². The fraction of sp³-hybridized carbons (Fsp3) is 0.300. The second-order valence-electron chi connectivity index (χ2n) is 5.90. The van der Waals surface area contributed by atoms with Crippen molar-refractivity contribution in [3.63, 3.8) is 0 Å². The summed E-state index contributed by atoms with van der Waals surface area (Å²) in [6.07, 6.45) is 6.11. The van der Waals surface area contributed by atoms with Gasteiger partial charge in [0.05, 0.1) is 0 Å². The molecule has 0 radical (unpaired) electrons. The molecule has 1 atom stereocenters. The Labute approximate surface area is 136 Å². The van der Waals surface area contributed by atoms with E-state index in [1.54, 1.807) is 0 Å². The highest BCUT2D eigenvalue weighted by molar-refractivity contribution is 9.10. The van der Waals surface area contributed by atoms with E-state index in [1.165, 1.54) is 47.1 Å². The number of benzene rings is 2. The summed E-state index contributed by atoms with van der Waals surface area (Å²) >= 11 is 3.60. The molecule has 1 aliphatic carbocycles. The van der Waals surface area contributed by atoms with Crippen LogP contribution in [0.15, 0.2) is 53.0 Å². The van der Waals surface area contributed by atoms with Crippen molar-refractivity contribution >= 4 is 21.5 Å². The average molecular weight is 341 g/mol. The van der Waals surface area contributed by atoms with Gasteiger partial charge in [-0.15, -0.1) is 0 Å². The molecule has 0 spiro atoms. The van der Waals surface area contributed by atoms with Crippen LogP contribution in [0.2, 0.25) is 0 Å². The largest absolute Gasteiger partial charge is 0.0691 e. The van der Waals surface area contributed by atoms with Crippen LogP contribution >= 0.6 is 15.9 Å². The Balaban J connectivity index is 1.90. The quantitative estimate of drug-likeness (QED) is 0.609. The smallest absolute Gasteiger partial charge is 0.0281 e. The van der Waals surface area contributed by atoms with Crippen molar-refractivity contribution < 1.29 is 0 Å². The van der Waals surface area contributed by atoms with Crippen molar-refractivity contribution in [3.05, 3.63) is 75.3 Å². The van der Waals surface area contributed by atoms with Gasteiger partial charge in [-0.25, -0.2) is 0 Å². The number of hydrogen-bond acceptors (Lipinski definition) is 0. The highest BCUT2D eigenvalue weighted by Gasteiger charge is 2.22. The van der Waals surface area contributed by atoms with Crippen LogP contribution in [0.5, 0.6) is 0 Å². The molecule has 0 aromatic heterocycles. The lowest BCUT2D eigenvalue weighted by Crippen LogP contribution is -1.96. The molecule has 1 aliphatic rings. The van der Waals surface area contributed by atoms with Gasteiger partial charge in [-0.2, -0.15) is 0 Å². The monoisotopic (exact) mass is 340 g/mol. The maximum atomic E-state index is 3.60. The molecule has 0 heterocycles. The summed E-state index contributed by atoms with van der Waals surface area (Å²) in [5, 5.41) is 0. The van der Waals surface area contributed by atoms with Crippen molar-refractivity contribution in [3.8, 4) is 0 Å². The molecule has 0 nitrogen and oxygen atoms in total. The molecule has 3 rings (SSSR count). The Hall–Kier alpha value is -1.34. The van der Waals surface area contributed by atoms with Crippen LogP contribution < -0.4 is 0 Å². The van der Waals surface area contributed by atoms with Crippen molar-refractivity contribution in [2.24, 2.45) is 0 Å². The average Bonchev–Trinajstić information content (AvgIpc) is 2.82. The molecule has 0 fully saturated rings. The molecular formula is C20H21Br. The van der Waals surface area contributed by atoms with Crippen LogP contribution in [0, 0.1) is 0 Å². The molecule has 2 aromatic carbocycles. The van der Waals surface area contributed by atoms with Gasteiger partial charge in [0.25, 0.3) is 0 Å². The number of hydrogen-bond donors (Lipinski definition) is 0. The van der Waals surface area contributed by atoms with Gasteiger partial charge in [0.15, 0.2) is 0 Å². The summed E-state index contributed by atoms with van der Waals surface area (Å²) in [4.78, 5) is 0. The van der Waals surface area contributed by atoms with Crippen molar-refractivity contribution in [2.45, 2.75) is 39.0 Å². The van der Waals surface area contributed by atoms with Gasteiger partial charge in [-0.05, 0) is 59.7 Å². The summed E-state index contributed by atoms with van der Waals surface area (Å²) in [6, 6.07) is 15.8. The number of unbranched alkanes of at least 4 members (excludes halogenated alkanes) is 1. The summed E-state index contributed by atoms with van der Waals surface area (Å²) in [5.41, 5.74) is 7.04. The first-order valence-corrected chi connectivity index (χ1v) is 8.55. The molecule has 108 valence electrons. The van der Waals surface area contributed by atoms with E-state index in [4.69, 9.17) is 0 Å². The highest BCUT2D eigenvalue weighted by Crippen LogP contribution is 2.40. The Morgan fingerprint density at radius 3 is 2.52 bits per heavy atom. The third kappa shape index (κ3) is 2.98. The minimum absolute atomic E-state index is 0.401. The van der Waals surface area contributed by atoms with E-state index in [0.29, 0.717) is 5.92 Å². The first-order valence-electron chi connectivity index (χ1n) is 7.76. The Morgan fingerprint density at radius 1 is 1.05 bits per heavy atom. The summed E-state index contributed by atoms with van der Waals surface area (Å²) < 4.78 is 1.16. The Bertz CT molecular complexity index is 665. The lowest BCUT2D eigenvalue weighted by Gasteiger charge is -2.13. The van der Waals surface area contributed by atoms with E-state index in [-0.39, 0.29) is 0 Å². The summed E-state index contributed by atoms with van der Waals surface area (Å²) in [7, 11) is 0. The molecule has 21 heavy (non-hydrogen) atoms. The van der Waals surface area contributed by atoms with Crippen LogP contribution in [0.3, 0.4) is 0 Å². The number of halogens is 1. The standard InChI is InChI=1S/C20H21Br/c1-3-4-5-15-6-8-16(9-7-15)19-12-14(2)18-11-10-17(21)13-20(18)19/h6-13,19H,3-5H2,1-2H3. The zero-order valence-electron chi connectivity index (χ0n) is 12.7. The van der Waals surface area contributed by atoms with Crippen LogP contribution in [-0.4, -0.2) is 0 Å². The predicted octanol–water partition coefficient (Wildman–Crippen LogP) is 6.34. The van der Waals surface area contributed by atoms with Crippen LogP contribution in [0.1, 0.15) is 54.9 Å². The minimum atomic E-state index is 0.401. The van der Waals surface area contributed by atoms with Crippen molar-refractivity contribution in [2.75, 3.05) is 0 Å². The topological polar surface area (TPSA) is 0 Å². The van der Waals surface area contributed by atoms with Gasteiger partial charge in [-0.3, -0.25) is 0 Å².